The van der Waals surface area contributed by atoms with Crippen LogP contribution in [0, 0.1) is 0 Å². The Bertz CT molecular complexity index is 1180. The number of nitrogens with zero attached hydrogens (tertiary/aromatic N) is 3. The van der Waals surface area contributed by atoms with Crippen molar-refractivity contribution in [3.8, 4) is 22.0 Å². The summed E-state index contributed by atoms with van der Waals surface area (Å²) in [5.74, 6) is 0.0637. The van der Waals surface area contributed by atoms with Crippen molar-refractivity contribution in [3.63, 3.8) is 0 Å². The van der Waals surface area contributed by atoms with Gasteiger partial charge in [0.15, 0.2) is 0 Å². The van der Waals surface area contributed by atoms with Crippen LogP contribution in [-0.2, 0) is 17.9 Å². The fraction of sp³-hybridized carbons (Fsp3) is 0.259. The van der Waals surface area contributed by atoms with Crippen molar-refractivity contribution in [1.29, 1.82) is 0 Å². The van der Waals surface area contributed by atoms with Gasteiger partial charge in [-0.15, -0.1) is 11.3 Å². The fourth-order valence-corrected chi connectivity index (χ4v) is 5.25. The SMILES string of the molecule is O=C(Cn1cccc1-c1nc(-c2ccccc2)cs1)NC1CCN(Cc2ccccc2)CC1. The van der Waals surface area contributed by atoms with E-state index in [4.69, 9.17) is 4.98 Å². The lowest BCUT2D eigenvalue weighted by Crippen LogP contribution is -2.45. The zero-order valence-corrected chi connectivity index (χ0v) is 19.4. The van der Waals surface area contributed by atoms with Gasteiger partial charge in [-0.1, -0.05) is 60.7 Å². The van der Waals surface area contributed by atoms with E-state index in [1.165, 1.54) is 5.56 Å². The Morgan fingerprint density at radius 1 is 0.970 bits per heavy atom. The van der Waals surface area contributed by atoms with Crippen molar-refractivity contribution >= 4 is 17.2 Å². The average molecular weight is 457 g/mol. The summed E-state index contributed by atoms with van der Waals surface area (Å²) in [5.41, 5.74) is 4.40. The molecule has 33 heavy (non-hydrogen) atoms. The third kappa shape index (κ3) is 5.41. The molecule has 4 aromatic rings. The molecule has 0 saturated carbocycles. The van der Waals surface area contributed by atoms with Crippen LogP contribution >= 0.6 is 11.3 Å². The summed E-state index contributed by atoms with van der Waals surface area (Å²) >= 11 is 1.61. The van der Waals surface area contributed by atoms with Crippen LogP contribution in [0.1, 0.15) is 18.4 Å². The summed E-state index contributed by atoms with van der Waals surface area (Å²) in [4.78, 5) is 20.1. The molecule has 1 amide bonds. The van der Waals surface area contributed by atoms with Crippen LogP contribution in [0.2, 0.25) is 0 Å². The molecule has 1 aliphatic heterocycles. The van der Waals surface area contributed by atoms with Gasteiger partial charge >= 0.3 is 0 Å². The lowest BCUT2D eigenvalue weighted by atomic mass is 10.0. The third-order valence-electron chi connectivity index (χ3n) is 6.14. The number of amides is 1. The van der Waals surface area contributed by atoms with E-state index in [0.717, 1.165) is 54.4 Å². The number of likely N-dealkylation sites (tertiary alicyclic amines) is 1. The molecule has 5 nitrogen and oxygen atoms in total. The van der Waals surface area contributed by atoms with Crippen molar-refractivity contribution in [1.82, 2.24) is 19.8 Å². The molecule has 2 aromatic heterocycles. The molecule has 0 spiro atoms. The Morgan fingerprint density at radius 3 is 2.45 bits per heavy atom. The lowest BCUT2D eigenvalue weighted by molar-refractivity contribution is -0.122. The highest BCUT2D eigenvalue weighted by molar-refractivity contribution is 7.13. The number of aromatic nitrogens is 2. The number of hydrogen-bond acceptors (Lipinski definition) is 4. The first kappa shape index (κ1) is 21.6. The van der Waals surface area contributed by atoms with Gasteiger partial charge in [0, 0.05) is 42.8 Å². The first-order valence-corrected chi connectivity index (χ1v) is 12.3. The molecule has 0 atom stereocenters. The van der Waals surface area contributed by atoms with Gasteiger partial charge < -0.3 is 9.88 Å². The maximum Gasteiger partial charge on any atom is 0.240 e. The minimum Gasteiger partial charge on any atom is -0.352 e. The van der Waals surface area contributed by atoms with Gasteiger partial charge in [0.2, 0.25) is 5.91 Å². The molecule has 168 valence electrons. The molecule has 2 aromatic carbocycles. The molecule has 3 heterocycles. The molecule has 5 rings (SSSR count). The predicted molar refractivity (Wildman–Crippen MR) is 134 cm³/mol. The van der Waals surface area contributed by atoms with E-state index >= 15 is 0 Å². The number of hydrogen-bond donors (Lipinski definition) is 1. The lowest BCUT2D eigenvalue weighted by Gasteiger charge is -2.32. The molecular formula is C27H28N4OS. The van der Waals surface area contributed by atoms with Gasteiger partial charge in [0.25, 0.3) is 0 Å². The Balaban J connectivity index is 1.15. The molecule has 1 saturated heterocycles. The highest BCUT2D eigenvalue weighted by Gasteiger charge is 2.21. The molecule has 0 aliphatic carbocycles. The van der Waals surface area contributed by atoms with Crippen molar-refractivity contribution in [2.45, 2.75) is 32.0 Å². The first-order chi connectivity index (χ1) is 16.2. The number of nitrogens with one attached hydrogen (secondary N) is 1. The van der Waals surface area contributed by atoms with Gasteiger partial charge in [0.05, 0.1) is 11.4 Å². The van der Waals surface area contributed by atoms with Crippen molar-refractivity contribution in [2.24, 2.45) is 0 Å². The zero-order valence-electron chi connectivity index (χ0n) is 18.6. The summed E-state index contributed by atoms with van der Waals surface area (Å²) in [5, 5.41) is 6.25. The molecular weight excluding hydrogens is 428 g/mol. The standard InChI is InChI=1S/C27H28N4OS/c32-26(28-23-13-16-30(17-14-23)18-21-8-3-1-4-9-21)19-31-15-7-12-25(31)27-29-24(20-33-27)22-10-5-2-6-11-22/h1-12,15,20,23H,13-14,16-19H2,(H,28,32). The Kier molecular flexibility index (Phi) is 6.65. The van der Waals surface area contributed by atoms with E-state index in [-0.39, 0.29) is 11.9 Å². The number of thiazole rings is 1. The molecule has 0 unspecified atom stereocenters. The van der Waals surface area contributed by atoms with Crippen LogP contribution in [0.3, 0.4) is 0 Å². The molecule has 0 radical (unpaired) electrons. The topological polar surface area (TPSA) is 50.2 Å². The monoisotopic (exact) mass is 456 g/mol. The predicted octanol–water partition coefficient (Wildman–Crippen LogP) is 5.06. The largest absolute Gasteiger partial charge is 0.352 e. The Hall–Kier alpha value is -3.22. The van der Waals surface area contributed by atoms with Crippen LogP contribution in [0.4, 0.5) is 0 Å². The highest BCUT2D eigenvalue weighted by atomic mass is 32.1. The quantitative estimate of drug-likeness (QED) is 0.423. The summed E-state index contributed by atoms with van der Waals surface area (Å²) in [6, 6.07) is 25.0. The second-order valence-electron chi connectivity index (χ2n) is 8.53. The van der Waals surface area contributed by atoms with Crippen molar-refractivity contribution in [3.05, 3.63) is 89.9 Å². The van der Waals surface area contributed by atoms with E-state index in [0.29, 0.717) is 6.54 Å². The molecule has 1 N–H and O–H groups in total. The van der Waals surface area contributed by atoms with E-state index in [9.17, 15) is 4.79 Å². The number of carbonyl (C=O) groups excluding carboxylic acids is 1. The zero-order chi connectivity index (χ0) is 22.5. The second-order valence-corrected chi connectivity index (χ2v) is 9.39. The minimum atomic E-state index is 0.0637. The van der Waals surface area contributed by atoms with Crippen molar-refractivity contribution < 1.29 is 4.79 Å². The van der Waals surface area contributed by atoms with E-state index in [1.807, 2.05) is 41.1 Å². The van der Waals surface area contributed by atoms with Gasteiger partial charge in [-0.2, -0.15) is 0 Å². The third-order valence-corrected chi connectivity index (χ3v) is 7.00. The van der Waals surface area contributed by atoms with E-state index in [1.54, 1.807) is 11.3 Å². The Morgan fingerprint density at radius 2 is 1.70 bits per heavy atom. The minimum absolute atomic E-state index is 0.0637. The van der Waals surface area contributed by atoms with Crippen LogP contribution in [-0.4, -0.2) is 39.5 Å². The summed E-state index contributed by atoms with van der Waals surface area (Å²) in [6.07, 6.45) is 3.94. The summed E-state index contributed by atoms with van der Waals surface area (Å²) in [6.45, 7) is 3.31. The molecule has 6 heteroatoms. The van der Waals surface area contributed by atoms with Crippen molar-refractivity contribution in [2.75, 3.05) is 13.1 Å². The van der Waals surface area contributed by atoms with Crippen LogP contribution in [0.25, 0.3) is 22.0 Å². The number of piperidine rings is 1. The van der Waals surface area contributed by atoms with E-state index in [2.05, 4.69) is 58.1 Å². The normalized spacial score (nSPS) is 14.9. The van der Waals surface area contributed by atoms with Crippen LogP contribution in [0.5, 0.6) is 0 Å². The highest BCUT2D eigenvalue weighted by Crippen LogP contribution is 2.29. The van der Waals surface area contributed by atoms with E-state index < -0.39 is 0 Å². The van der Waals surface area contributed by atoms with Crippen LogP contribution < -0.4 is 5.32 Å². The smallest absolute Gasteiger partial charge is 0.240 e. The summed E-state index contributed by atoms with van der Waals surface area (Å²) < 4.78 is 1.99. The van der Waals surface area contributed by atoms with Gasteiger partial charge in [-0.05, 0) is 30.5 Å². The molecule has 1 fully saturated rings. The maximum atomic E-state index is 12.8. The maximum absolute atomic E-state index is 12.8. The van der Waals surface area contributed by atoms with Crippen LogP contribution in [0.15, 0.2) is 84.4 Å². The van der Waals surface area contributed by atoms with Gasteiger partial charge in [0.1, 0.15) is 11.6 Å². The first-order valence-electron chi connectivity index (χ1n) is 11.5. The average Bonchev–Trinajstić information content (AvgIpc) is 3.51. The Labute approximate surface area is 198 Å². The molecule has 1 aliphatic rings. The second kappa shape index (κ2) is 10.1. The number of rotatable bonds is 7. The summed E-state index contributed by atoms with van der Waals surface area (Å²) in [7, 11) is 0. The molecule has 0 bridgehead atoms. The number of benzene rings is 2. The van der Waals surface area contributed by atoms with Gasteiger partial charge in [-0.25, -0.2) is 4.98 Å². The fourth-order valence-electron chi connectivity index (χ4n) is 4.38. The number of carbonyl (C=O) groups is 1. The van der Waals surface area contributed by atoms with Gasteiger partial charge in [-0.3, -0.25) is 9.69 Å².